The number of benzene rings is 1. The molecule has 1 amide bonds. The molecule has 4 nitrogen and oxygen atoms in total. The Labute approximate surface area is 101 Å². The minimum absolute atomic E-state index is 0.0195. The van der Waals surface area contributed by atoms with Crippen LogP contribution in [0.1, 0.15) is 25.3 Å². The number of amides is 1. The molecule has 1 aromatic carbocycles. The van der Waals surface area contributed by atoms with Crippen molar-refractivity contribution in [1.82, 2.24) is 0 Å². The second-order valence-electron chi connectivity index (χ2n) is 3.93. The Kier molecular flexibility index (Phi) is 4.69. The van der Waals surface area contributed by atoms with Crippen LogP contribution in [0.4, 0.5) is 5.69 Å². The van der Waals surface area contributed by atoms with Crippen LogP contribution in [0.25, 0.3) is 0 Å². The van der Waals surface area contributed by atoms with Crippen LogP contribution >= 0.6 is 0 Å². The van der Waals surface area contributed by atoms with Gasteiger partial charge in [-0.05, 0) is 37.6 Å². The molecule has 0 aromatic heterocycles. The van der Waals surface area contributed by atoms with E-state index in [2.05, 4.69) is 5.32 Å². The van der Waals surface area contributed by atoms with Gasteiger partial charge in [0.05, 0.1) is 7.11 Å². The van der Waals surface area contributed by atoms with Crippen LogP contribution in [-0.4, -0.2) is 18.8 Å². The number of anilines is 1. The molecule has 0 aliphatic rings. The molecule has 0 bridgehead atoms. The molecule has 0 spiro atoms. The highest BCUT2D eigenvalue weighted by molar-refractivity contribution is 5.93. The van der Waals surface area contributed by atoms with Gasteiger partial charge in [0.25, 0.3) is 0 Å². The SMILES string of the molecule is COc1ccc(NC(=O)CCC(C)=O)cc1C. The summed E-state index contributed by atoms with van der Waals surface area (Å²) in [5.41, 5.74) is 1.67. The first-order valence-corrected chi connectivity index (χ1v) is 5.47. The number of ketones is 1. The predicted octanol–water partition coefficient (Wildman–Crippen LogP) is 2.31. The summed E-state index contributed by atoms with van der Waals surface area (Å²) in [5.74, 6) is 0.655. The van der Waals surface area contributed by atoms with Crippen molar-refractivity contribution >= 4 is 17.4 Å². The number of nitrogens with one attached hydrogen (secondary N) is 1. The summed E-state index contributed by atoms with van der Waals surface area (Å²) in [6, 6.07) is 5.41. The number of aryl methyl sites for hydroxylation is 1. The van der Waals surface area contributed by atoms with Crippen LogP contribution in [0.15, 0.2) is 18.2 Å². The smallest absolute Gasteiger partial charge is 0.224 e. The minimum atomic E-state index is -0.148. The van der Waals surface area contributed by atoms with Crippen molar-refractivity contribution in [2.45, 2.75) is 26.7 Å². The van der Waals surface area contributed by atoms with Gasteiger partial charge in [0.15, 0.2) is 0 Å². The molecule has 0 atom stereocenters. The highest BCUT2D eigenvalue weighted by Crippen LogP contribution is 2.21. The van der Waals surface area contributed by atoms with E-state index in [9.17, 15) is 9.59 Å². The van der Waals surface area contributed by atoms with Crippen molar-refractivity contribution in [2.24, 2.45) is 0 Å². The Morgan fingerprint density at radius 1 is 1.29 bits per heavy atom. The number of hydrogen-bond donors (Lipinski definition) is 1. The Bertz CT molecular complexity index is 427. The largest absolute Gasteiger partial charge is 0.496 e. The van der Waals surface area contributed by atoms with Crippen molar-refractivity contribution < 1.29 is 14.3 Å². The number of rotatable bonds is 5. The number of carbonyl (C=O) groups excluding carboxylic acids is 2. The Hall–Kier alpha value is -1.84. The number of ether oxygens (including phenoxy) is 1. The topological polar surface area (TPSA) is 55.4 Å². The first-order valence-electron chi connectivity index (χ1n) is 5.47. The van der Waals surface area contributed by atoms with Gasteiger partial charge in [-0.25, -0.2) is 0 Å². The Balaban J connectivity index is 2.60. The molecule has 0 unspecified atom stereocenters. The van der Waals surface area contributed by atoms with Crippen LogP contribution in [0.5, 0.6) is 5.75 Å². The summed E-state index contributed by atoms with van der Waals surface area (Å²) in [5, 5.41) is 2.74. The lowest BCUT2D eigenvalue weighted by Gasteiger charge is -2.08. The molecule has 0 radical (unpaired) electrons. The Morgan fingerprint density at radius 2 is 2.00 bits per heavy atom. The highest BCUT2D eigenvalue weighted by atomic mass is 16.5. The van der Waals surface area contributed by atoms with E-state index in [-0.39, 0.29) is 24.5 Å². The van der Waals surface area contributed by atoms with Gasteiger partial charge in [-0.2, -0.15) is 0 Å². The normalized spacial score (nSPS) is 9.82. The van der Waals surface area contributed by atoms with Crippen LogP contribution in [0, 0.1) is 6.92 Å². The van der Waals surface area contributed by atoms with Crippen LogP contribution in [-0.2, 0) is 9.59 Å². The number of hydrogen-bond acceptors (Lipinski definition) is 3. The zero-order valence-corrected chi connectivity index (χ0v) is 10.4. The molecule has 92 valence electrons. The summed E-state index contributed by atoms with van der Waals surface area (Å²) < 4.78 is 5.13. The van der Waals surface area contributed by atoms with Crippen molar-refractivity contribution in [3.63, 3.8) is 0 Å². The fraction of sp³-hybridized carbons (Fsp3) is 0.385. The second-order valence-corrected chi connectivity index (χ2v) is 3.93. The molecular formula is C13H17NO3. The molecule has 0 fully saturated rings. The fourth-order valence-electron chi connectivity index (χ4n) is 1.47. The van der Waals surface area contributed by atoms with Crippen molar-refractivity contribution in [3.8, 4) is 5.75 Å². The van der Waals surface area contributed by atoms with E-state index >= 15 is 0 Å². The lowest BCUT2D eigenvalue weighted by atomic mass is 10.2. The van der Waals surface area contributed by atoms with Gasteiger partial charge >= 0.3 is 0 Å². The minimum Gasteiger partial charge on any atom is -0.496 e. The molecule has 0 heterocycles. The summed E-state index contributed by atoms with van der Waals surface area (Å²) in [4.78, 5) is 22.2. The van der Waals surface area contributed by atoms with Crippen molar-refractivity contribution in [2.75, 3.05) is 12.4 Å². The lowest BCUT2D eigenvalue weighted by Crippen LogP contribution is -2.12. The maximum atomic E-state index is 11.5. The zero-order valence-electron chi connectivity index (χ0n) is 10.4. The number of Topliss-reactive ketones (excluding diaryl/α,β-unsaturated/α-hetero) is 1. The van der Waals surface area contributed by atoms with E-state index < -0.39 is 0 Å². The van der Waals surface area contributed by atoms with Gasteiger partial charge in [0.1, 0.15) is 11.5 Å². The molecule has 1 rings (SSSR count). The van der Waals surface area contributed by atoms with Crippen LogP contribution in [0.2, 0.25) is 0 Å². The standard InChI is InChI=1S/C13H17NO3/c1-9-8-11(5-6-12(9)17-3)14-13(16)7-4-10(2)15/h5-6,8H,4,7H2,1-3H3,(H,14,16). The van der Waals surface area contributed by atoms with E-state index in [0.29, 0.717) is 0 Å². The summed E-state index contributed by atoms with van der Waals surface area (Å²) in [7, 11) is 1.60. The molecule has 1 N–H and O–H groups in total. The van der Waals surface area contributed by atoms with Gasteiger partial charge in [0.2, 0.25) is 5.91 Å². The monoisotopic (exact) mass is 235 g/mol. The lowest BCUT2D eigenvalue weighted by molar-refractivity contribution is -0.121. The highest BCUT2D eigenvalue weighted by Gasteiger charge is 2.05. The number of carbonyl (C=O) groups is 2. The quantitative estimate of drug-likeness (QED) is 0.852. The van der Waals surface area contributed by atoms with E-state index in [1.807, 2.05) is 13.0 Å². The van der Waals surface area contributed by atoms with E-state index in [4.69, 9.17) is 4.74 Å². The second kappa shape index (κ2) is 6.03. The maximum absolute atomic E-state index is 11.5. The number of methoxy groups -OCH3 is 1. The fourth-order valence-corrected chi connectivity index (χ4v) is 1.47. The van der Waals surface area contributed by atoms with Crippen molar-refractivity contribution in [1.29, 1.82) is 0 Å². The molecule has 0 aliphatic heterocycles. The molecular weight excluding hydrogens is 218 g/mol. The third-order valence-corrected chi connectivity index (χ3v) is 2.38. The zero-order chi connectivity index (χ0) is 12.8. The van der Waals surface area contributed by atoms with Crippen LogP contribution in [0.3, 0.4) is 0 Å². The average Bonchev–Trinajstić information content (AvgIpc) is 2.26. The van der Waals surface area contributed by atoms with Gasteiger partial charge in [0, 0.05) is 18.5 Å². The van der Waals surface area contributed by atoms with Gasteiger partial charge in [-0.15, -0.1) is 0 Å². The predicted molar refractivity (Wildman–Crippen MR) is 66.3 cm³/mol. The summed E-state index contributed by atoms with van der Waals surface area (Å²) >= 11 is 0. The third kappa shape index (κ3) is 4.26. The molecule has 1 aromatic rings. The first kappa shape index (κ1) is 13.2. The first-order chi connectivity index (χ1) is 8.02. The molecule has 0 aliphatic carbocycles. The summed E-state index contributed by atoms with van der Waals surface area (Å²) in [6.45, 7) is 3.38. The van der Waals surface area contributed by atoms with Gasteiger partial charge in [-0.1, -0.05) is 0 Å². The average molecular weight is 235 g/mol. The molecule has 0 saturated heterocycles. The molecule has 0 saturated carbocycles. The van der Waals surface area contributed by atoms with E-state index in [0.717, 1.165) is 17.0 Å². The Morgan fingerprint density at radius 3 is 2.53 bits per heavy atom. The third-order valence-electron chi connectivity index (χ3n) is 2.38. The van der Waals surface area contributed by atoms with E-state index in [1.165, 1.54) is 6.92 Å². The molecule has 17 heavy (non-hydrogen) atoms. The summed E-state index contributed by atoms with van der Waals surface area (Å²) in [6.07, 6.45) is 0.501. The van der Waals surface area contributed by atoms with Crippen molar-refractivity contribution in [3.05, 3.63) is 23.8 Å². The van der Waals surface area contributed by atoms with E-state index in [1.54, 1.807) is 19.2 Å². The van der Waals surface area contributed by atoms with Crippen LogP contribution < -0.4 is 10.1 Å². The maximum Gasteiger partial charge on any atom is 0.224 e. The van der Waals surface area contributed by atoms with Gasteiger partial charge < -0.3 is 14.8 Å². The van der Waals surface area contributed by atoms with Gasteiger partial charge in [-0.3, -0.25) is 4.79 Å². The molecule has 4 heteroatoms.